The van der Waals surface area contributed by atoms with E-state index in [-0.39, 0.29) is 30.0 Å². The van der Waals surface area contributed by atoms with Crippen LogP contribution in [0.25, 0.3) is 0 Å². The zero-order chi connectivity index (χ0) is 27.7. The van der Waals surface area contributed by atoms with E-state index in [4.69, 9.17) is 13.9 Å². The highest BCUT2D eigenvalue weighted by Gasteiger charge is 2.51. The maximum Gasteiger partial charge on any atom is 0.305 e. The van der Waals surface area contributed by atoms with Gasteiger partial charge in [-0.3, -0.25) is 9.59 Å². The van der Waals surface area contributed by atoms with Crippen LogP contribution in [0.5, 0.6) is 0 Å². The molecular weight excluding hydrogens is 504 g/mol. The van der Waals surface area contributed by atoms with E-state index < -0.39 is 0 Å². The van der Waals surface area contributed by atoms with Crippen LogP contribution in [0.3, 0.4) is 0 Å². The summed E-state index contributed by atoms with van der Waals surface area (Å²) < 4.78 is 17.0. The number of fused-ring (bicyclic) bond motifs is 2. The summed E-state index contributed by atoms with van der Waals surface area (Å²) in [5.41, 5.74) is 2.99. The SMILES string of the molecule is COC(=O)CCCc1ccccc1CC[C@@H]1[C@H](c2nc(C(=O)NCCCCC3CCCCC3)co2)[C@H]2CC[C@@H]1O2. The van der Waals surface area contributed by atoms with Crippen molar-refractivity contribution in [2.75, 3.05) is 13.7 Å². The predicted octanol–water partition coefficient (Wildman–Crippen LogP) is 6.54. The number of ether oxygens (including phenoxy) is 2. The molecule has 3 aliphatic rings. The maximum absolute atomic E-state index is 12.8. The summed E-state index contributed by atoms with van der Waals surface area (Å²) in [7, 11) is 1.44. The largest absolute Gasteiger partial charge is 0.469 e. The molecule has 218 valence electrons. The summed E-state index contributed by atoms with van der Waals surface area (Å²) in [5.74, 6) is 1.63. The van der Waals surface area contributed by atoms with Gasteiger partial charge in [0.05, 0.1) is 25.2 Å². The Balaban J connectivity index is 1.12. The Morgan fingerprint density at radius 3 is 2.52 bits per heavy atom. The molecule has 2 saturated heterocycles. The van der Waals surface area contributed by atoms with Gasteiger partial charge in [0, 0.05) is 13.0 Å². The highest BCUT2D eigenvalue weighted by molar-refractivity contribution is 5.91. The van der Waals surface area contributed by atoms with Crippen molar-refractivity contribution in [2.45, 2.75) is 114 Å². The van der Waals surface area contributed by atoms with Gasteiger partial charge in [0.2, 0.25) is 5.89 Å². The number of nitrogens with one attached hydrogen (secondary N) is 1. The number of hydrogen-bond donors (Lipinski definition) is 1. The van der Waals surface area contributed by atoms with Gasteiger partial charge in [-0.2, -0.15) is 0 Å². The molecule has 0 radical (unpaired) electrons. The van der Waals surface area contributed by atoms with Crippen molar-refractivity contribution in [3.05, 3.63) is 53.2 Å². The van der Waals surface area contributed by atoms with E-state index in [0.717, 1.165) is 50.9 Å². The first-order valence-corrected chi connectivity index (χ1v) is 15.6. The monoisotopic (exact) mass is 550 g/mol. The number of nitrogens with zero attached hydrogens (tertiary/aromatic N) is 1. The second kappa shape index (κ2) is 14.3. The molecule has 7 heteroatoms. The number of benzene rings is 1. The lowest BCUT2D eigenvalue weighted by Crippen LogP contribution is -2.27. The molecule has 7 nitrogen and oxygen atoms in total. The molecule has 1 N–H and O–H groups in total. The lowest BCUT2D eigenvalue weighted by molar-refractivity contribution is -0.140. The number of carbonyl (C=O) groups is 2. The fourth-order valence-electron chi connectivity index (χ4n) is 7.25. The molecule has 1 saturated carbocycles. The Labute approximate surface area is 238 Å². The quantitative estimate of drug-likeness (QED) is 0.212. The molecule has 0 spiro atoms. The number of oxazole rings is 1. The molecule has 4 atom stereocenters. The molecule has 3 heterocycles. The van der Waals surface area contributed by atoms with Crippen LogP contribution in [0.1, 0.15) is 117 Å². The van der Waals surface area contributed by atoms with Gasteiger partial charge in [-0.25, -0.2) is 4.98 Å². The second-order valence-electron chi connectivity index (χ2n) is 12.0. The summed E-state index contributed by atoms with van der Waals surface area (Å²) >= 11 is 0. The van der Waals surface area contributed by atoms with Crippen molar-refractivity contribution < 1.29 is 23.5 Å². The van der Waals surface area contributed by atoms with Crippen LogP contribution in [0.15, 0.2) is 34.9 Å². The zero-order valence-electron chi connectivity index (χ0n) is 24.1. The number of unbranched alkanes of at least 4 members (excludes halogenated alkanes) is 1. The van der Waals surface area contributed by atoms with Crippen LogP contribution in [0, 0.1) is 11.8 Å². The predicted molar refractivity (Wildman–Crippen MR) is 153 cm³/mol. The third-order valence-corrected chi connectivity index (χ3v) is 9.43. The highest BCUT2D eigenvalue weighted by Crippen LogP contribution is 2.50. The fraction of sp³-hybridized carbons (Fsp3) is 0.667. The van der Waals surface area contributed by atoms with E-state index in [9.17, 15) is 9.59 Å². The average Bonchev–Trinajstić information content (AvgIpc) is 3.74. The number of rotatable bonds is 14. The molecule has 1 aromatic heterocycles. The summed E-state index contributed by atoms with van der Waals surface area (Å²) in [4.78, 5) is 29.0. The summed E-state index contributed by atoms with van der Waals surface area (Å²) in [6.07, 6.45) is 18.3. The van der Waals surface area contributed by atoms with Gasteiger partial charge in [0.15, 0.2) is 5.69 Å². The van der Waals surface area contributed by atoms with Crippen LogP contribution in [-0.4, -0.2) is 42.7 Å². The maximum atomic E-state index is 12.8. The third-order valence-electron chi connectivity index (χ3n) is 9.43. The Kier molecular flexibility index (Phi) is 10.3. The van der Waals surface area contributed by atoms with E-state index in [1.807, 2.05) is 0 Å². The van der Waals surface area contributed by atoms with Crippen molar-refractivity contribution in [3.8, 4) is 0 Å². The molecule has 2 aromatic rings. The van der Waals surface area contributed by atoms with Crippen molar-refractivity contribution >= 4 is 11.9 Å². The van der Waals surface area contributed by atoms with Gasteiger partial charge >= 0.3 is 5.97 Å². The fourth-order valence-corrected chi connectivity index (χ4v) is 7.25. The number of carbonyl (C=O) groups excluding carboxylic acids is 2. The summed E-state index contributed by atoms with van der Waals surface area (Å²) in [5, 5.41) is 3.04. The second-order valence-corrected chi connectivity index (χ2v) is 12.0. The number of hydrogen-bond acceptors (Lipinski definition) is 6. The number of aromatic nitrogens is 1. The minimum atomic E-state index is -0.159. The van der Waals surface area contributed by atoms with E-state index in [2.05, 4.69) is 34.6 Å². The Morgan fingerprint density at radius 2 is 1.73 bits per heavy atom. The Bertz CT molecular complexity index is 1110. The molecule has 3 fully saturated rings. The Morgan fingerprint density at radius 1 is 0.950 bits per heavy atom. The number of aryl methyl sites for hydroxylation is 2. The molecule has 1 aliphatic carbocycles. The lowest BCUT2D eigenvalue weighted by Gasteiger charge is -2.26. The molecule has 5 rings (SSSR count). The molecule has 40 heavy (non-hydrogen) atoms. The Hall–Kier alpha value is -2.67. The first-order valence-electron chi connectivity index (χ1n) is 15.6. The van der Waals surface area contributed by atoms with Crippen molar-refractivity contribution in [1.29, 1.82) is 0 Å². The van der Waals surface area contributed by atoms with E-state index >= 15 is 0 Å². The molecular formula is C33H46N2O5. The molecule has 1 aromatic carbocycles. The number of esters is 1. The molecule has 0 unspecified atom stereocenters. The van der Waals surface area contributed by atoms with Crippen LogP contribution in [0.2, 0.25) is 0 Å². The van der Waals surface area contributed by atoms with E-state index in [1.54, 1.807) is 0 Å². The van der Waals surface area contributed by atoms with Gasteiger partial charge in [-0.05, 0) is 67.9 Å². The topological polar surface area (TPSA) is 90.7 Å². The van der Waals surface area contributed by atoms with Crippen molar-refractivity contribution in [2.24, 2.45) is 11.8 Å². The van der Waals surface area contributed by atoms with Gasteiger partial charge in [0.1, 0.15) is 6.26 Å². The minimum Gasteiger partial charge on any atom is -0.469 e. The van der Waals surface area contributed by atoms with Gasteiger partial charge < -0.3 is 19.2 Å². The summed E-state index contributed by atoms with van der Waals surface area (Å²) in [6.45, 7) is 0.687. The van der Waals surface area contributed by atoms with E-state index in [0.29, 0.717) is 30.5 Å². The molecule has 2 bridgehead atoms. The molecule has 1 amide bonds. The van der Waals surface area contributed by atoms with Crippen molar-refractivity contribution in [3.63, 3.8) is 0 Å². The average molecular weight is 551 g/mol. The standard InChI is InChI=1S/C33H46N2O5/c1-38-30(36)16-9-15-24-13-5-6-14-25(24)17-18-26-28-19-20-29(40-28)31(26)33-35-27(22-39-33)32(37)34-21-8-7-12-23-10-3-2-4-11-23/h5-6,13-14,22-23,26,28-29,31H,2-4,7-12,15-21H2,1H3,(H,34,37)/t26-,28-,29+,31-/m0/s1. The highest BCUT2D eigenvalue weighted by atomic mass is 16.5. The van der Waals surface area contributed by atoms with Crippen molar-refractivity contribution in [1.82, 2.24) is 10.3 Å². The first kappa shape index (κ1) is 28.8. The van der Waals surface area contributed by atoms with Gasteiger partial charge in [0.25, 0.3) is 5.91 Å². The van der Waals surface area contributed by atoms with Crippen LogP contribution in [0.4, 0.5) is 0 Å². The first-order chi connectivity index (χ1) is 19.6. The van der Waals surface area contributed by atoms with Gasteiger partial charge in [-0.15, -0.1) is 0 Å². The van der Waals surface area contributed by atoms with Crippen LogP contribution in [-0.2, 0) is 27.1 Å². The smallest absolute Gasteiger partial charge is 0.305 e. The number of amides is 1. The normalized spacial score (nSPS) is 24.3. The van der Waals surface area contributed by atoms with E-state index in [1.165, 1.54) is 69.4 Å². The third kappa shape index (κ3) is 7.34. The number of methoxy groups -OCH3 is 1. The van der Waals surface area contributed by atoms with Crippen LogP contribution >= 0.6 is 0 Å². The minimum absolute atomic E-state index is 0.0854. The van der Waals surface area contributed by atoms with Gasteiger partial charge in [-0.1, -0.05) is 69.2 Å². The summed E-state index contributed by atoms with van der Waals surface area (Å²) in [6, 6.07) is 8.51. The lowest BCUT2D eigenvalue weighted by atomic mass is 9.76. The van der Waals surface area contributed by atoms with Crippen LogP contribution < -0.4 is 5.32 Å². The molecule has 2 aliphatic heterocycles. The zero-order valence-corrected chi connectivity index (χ0v) is 24.1.